The van der Waals surface area contributed by atoms with Crippen molar-refractivity contribution in [3.05, 3.63) is 43.0 Å². The first kappa shape index (κ1) is 20.0. The Hall–Kier alpha value is -0.700. The van der Waals surface area contributed by atoms with Crippen LogP contribution in [-0.2, 0) is 12.8 Å². The lowest BCUT2D eigenvalue weighted by molar-refractivity contribution is 0.606. The predicted molar refractivity (Wildman–Crippen MR) is 112 cm³/mol. The van der Waals surface area contributed by atoms with Gasteiger partial charge in [0.1, 0.15) is 20.8 Å². The van der Waals surface area contributed by atoms with E-state index in [4.69, 9.17) is 0 Å². The normalized spacial score (nSPS) is 11.3. The Bertz CT molecular complexity index is 862. The van der Waals surface area contributed by atoms with Crippen LogP contribution in [0.3, 0.4) is 0 Å². The minimum atomic E-state index is -0.467. The molecule has 0 radical (unpaired) electrons. The second-order valence-corrected chi connectivity index (χ2v) is 9.44. The van der Waals surface area contributed by atoms with E-state index in [-0.39, 0.29) is 11.1 Å². The molecule has 3 rings (SSSR count). The summed E-state index contributed by atoms with van der Waals surface area (Å²) in [6.45, 7) is 4.12. The highest BCUT2D eigenvalue weighted by Gasteiger charge is 2.21. The maximum absolute atomic E-state index is 14.8. The number of benzene rings is 1. The first-order chi connectivity index (χ1) is 12.4. The molecular weight excluding hydrogens is 506 g/mol. The van der Waals surface area contributed by atoms with E-state index in [0.717, 1.165) is 35.7 Å². The van der Waals surface area contributed by atoms with Crippen LogP contribution in [0.5, 0.6) is 0 Å². The molecule has 3 aromatic rings. The number of aryl methyl sites for hydroxylation is 2. The van der Waals surface area contributed by atoms with Crippen molar-refractivity contribution in [2.24, 2.45) is 0 Å². The van der Waals surface area contributed by atoms with Crippen molar-refractivity contribution in [2.75, 3.05) is 0 Å². The minimum Gasteiger partial charge on any atom is -0.234 e. The molecule has 0 bridgehead atoms. The van der Waals surface area contributed by atoms with Crippen molar-refractivity contribution < 1.29 is 8.78 Å². The van der Waals surface area contributed by atoms with Crippen LogP contribution in [0, 0.1) is 11.6 Å². The lowest BCUT2D eigenvalue weighted by Gasteiger charge is -2.06. The molecule has 0 fully saturated rings. The molecule has 0 amide bonds. The van der Waals surface area contributed by atoms with Crippen LogP contribution in [0.2, 0.25) is 0 Å². The molecule has 1 aromatic carbocycles. The van der Waals surface area contributed by atoms with E-state index in [0.29, 0.717) is 19.0 Å². The van der Waals surface area contributed by atoms with Gasteiger partial charge >= 0.3 is 0 Å². The van der Waals surface area contributed by atoms with Crippen molar-refractivity contribution in [1.29, 1.82) is 0 Å². The van der Waals surface area contributed by atoms with Crippen LogP contribution in [0.25, 0.3) is 20.9 Å². The highest BCUT2D eigenvalue weighted by atomic mass is 79.9. The lowest BCUT2D eigenvalue weighted by atomic mass is 10.1. The third-order valence-corrected chi connectivity index (χ3v) is 7.70. The van der Waals surface area contributed by atoms with Gasteiger partial charge in [0.15, 0.2) is 0 Å². The van der Waals surface area contributed by atoms with Crippen LogP contribution in [0.4, 0.5) is 8.78 Å². The van der Waals surface area contributed by atoms with E-state index in [9.17, 15) is 8.78 Å². The van der Waals surface area contributed by atoms with Crippen molar-refractivity contribution in [3.8, 4) is 20.9 Å². The number of aromatic nitrogens is 2. The number of hydrogen-bond acceptors (Lipinski definition) is 4. The quantitative estimate of drug-likeness (QED) is 0.333. The number of thiazole rings is 2. The summed E-state index contributed by atoms with van der Waals surface area (Å²) in [7, 11) is 0. The number of rotatable bonds is 6. The Kier molecular flexibility index (Phi) is 6.59. The van der Waals surface area contributed by atoms with Gasteiger partial charge in [-0.3, -0.25) is 0 Å². The Morgan fingerprint density at radius 2 is 1.19 bits per heavy atom. The SMILES string of the molecule is CCCc1nc(Br)c(-c2cc(F)c(-c3sc(CCC)nc3Br)cc2F)s1. The monoisotopic (exact) mass is 520 g/mol. The Balaban J connectivity index is 2.04. The first-order valence-corrected chi connectivity index (χ1v) is 11.5. The van der Waals surface area contributed by atoms with Gasteiger partial charge in [0.2, 0.25) is 0 Å². The zero-order valence-electron chi connectivity index (χ0n) is 14.2. The van der Waals surface area contributed by atoms with Crippen LogP contribution in [-0.4, -0.2) is 9.97 Å². The smallest absolute Gasteiger partial charge is 0.132 e. The van der Waals surface area contributed by atoms with Gasteiger partial charge in [-0.25, -0.2) is 18.7 Å². The van der Waals surface area contributed by atoms with Crippen LogP contribution < -0.4 is 0 Å². The number of nitrogens with zero attached hydrogens (tertiary/aromatic N) is 2. The van der Waals surface area contributed by atoms with E-state index in [1.165, 1.54) is 34.8 Å². The number of halogens is 4. The van der Waals surface area contributed by atoms with Gasteiger partial charge in [-0.15, -0.1) is 22.7 Å². The van der Waals surface area contributed by atoms with E-state index in [1.54, 1.807) is 0 Å². The fraction of sp³-hybridized carbons (Fsp3) is 0.333. The Morgan fingerprint density at radius 1 is 0.808 bits per heavy atom. The van der Waals surface area contributed by atoms with Gasteiger partial charge < -0.3 is 0 Å². The molecule has 0 spiro atoms. The third-order valence-electron chi connectivity index (χ3n) is 3.73. The summed E-state index contributed by atoms with van der Waals surface area (Å²) in [5.74, 6) is -0.933. The molecule has 0 aliphatic rings. The summed E-state index contributed by atoms with van der Waals surface area (Å²) in [4.78, 5) is 10.0. The standard InChI is InChI=1S/C18H16Br2F2N2S2/c1-3-5-13-23-17(19)15(25-13)9-7-12(22)10(8-11(9)21)16-18(20)24-14(26-16)6-4-2/h7-8H,3-6H2,1-2H3. The predicted octanol–water partition coefficient (Wildman–Crippen LogP) is 7.64. The molecule has 0 saturated heterocycles. The molecular formula is C18H16Br2F2N2S2. The second-order valence-electron chi connectivity index (χ2n) is 5.77. The van der Waals surface area contributed by atoms with Gasteiger partial charge in [-0.2, -0.15) is 0 Å². The average molecular weight is 522 g/mol. The van der Waals surface area contributed by atoms with Crippen molar-refractivity contribution in [1.82, 2.24) is 9.97 Å². The van der Waals surface area contributed by atoms with Gasteiger partial charge in [-0.1, -0.05) is 13.8 Å². The molecule has 0 aliphatic carbocycles. The fourth-order valence-electron chi connectivity index (χ4n) is 2.55. The van der Waals surface area contributed by atoms with Crippen molar-refractivity contribution in [2.45, 2.75) is 39.5 Å². The number of hydrogen-bond donors (Lipinski definition) is 0. The summed E-state index contributed by atoms with van der Waals surface area (Å²) in [6.07, 6.45) is 3.54. The summed E-state index contributed by atoms with van der Waals surface area (Å²) >= 11 is 9.53. The maximum Gasteiger partial charge on any atom is 0.132 e. The fourth-order valence-corrected chi connectivity index (χ4v) is 6.28. The van der Waals surface area contributed by atoms with Gasteiger partial charge in [0.05, 0.1) is 19.8 Å². The first-order valence-electron chi connectivity index (χ1n) is 8.24. The molecule has 2 heterocycles. The summed E-state index contributed by atoms with van der Waals surface area (Å²) in [6, 6.07) is 2.51. The van der Waals surface area contributed by atoms with E-state index < -0.39 is 11.6 Å². The molecule has 0 aliphatic heterocycles. The highest BCUT2D eigenvalue weighted by Crippen LogP contribution is 2.41. The van der Waals surface area contributed by atoms with E-state index in [1.807, 2.05) is 0 Å². The molecule has 2 nitrogen and oxygen atoms in total. The van der Waals surface area contributed by atoms with Crippen molar-refractivity contribution in [3.63, 3.8) is 0 Å². The minimum absolute atomic E-state index is 0.229. The second kappa shape index (κ2) is 8.54. The average Bonchev–Trinajstić information content (AvgIpc) is 3.12. The van der Waals surface area contributed by atoms with Crippen LogP contribution in [0.15, 0.2) is 21.3 Å². The molecule has 0 N–H and O–H groups in total. The molecule has 26 heavy (non-hydrogen) atoms. The molecule has 8 heteroatoms. The molecule has 138 valence electrons. The van der Waals surface area contributed by atoms with Gasteiger partial charge in [-0.05, 0) is 69.7 Å². The maximum atomic E-state index is 14.8. The topological polar surface area (TPSA) is 25.8 Å². The highest BCUT2D eigenvalue weighted by molar-refractivity contribution is 9.10. The molecule has 2 aromatic heterocycles. The zero-order valence-corrected chi connectivity index (χ0v) is 19.0. The summed E-state index contributed by atoms with van der Waals surface area (Å²) in [5, 5.41) is 1.82. The molecule has 0 atom stereocenters. The molecule has 0 saturated carbocycles. The third kappa shape index (κ3) is 4.08. The molecule has 0 unspecified atom stereocenters. The Morgan fingerprint density at radius 3 is 1.54 bits per heavy atom. The zero-order chi connectivity index (χ0) is 18.8. The van der Waals surface area contributed by atoms with E-state index in [2.05, 4.69) is 55.7 Å². The summed E-state index contributed by atoms with van der Waals surface area (Å²) < 4.78 is 30.8. The van der Waals surface area contributed by atoms with Gasteiger partial charge in [0.25, 0.3) is 0 Å². The van der Waals surface area contributed by atoms with Crippen molar-refractivity contribution >= 4 is 54.5 Å². The Labute approximate surface area is 176 Å². The van der Waals surface area contributed by atoms with Crippen LogP contribution in [0.1, 0.15) is 36.7 Å². The van der Waals surface area contributed by atoms with Gasteiger partial charge in [0, 0.05) is 11.1 Å². The van der Waals surface area contributed by atoms with E-state index >= 15 is 0 Å². The lowest BCUT2D eigenvalue weighted by Crippen LogP contribution is -1.90. The summed E-state index contributed by atoms with van der Waals surface area (Å²) in [5.41, 5.74) is 0.458. The van der Waals surface area contributed by atoms with Crippen LogP contribution >= 0.6 is 54.5 Å². The largest absolute Gasteiger partial charge is 0.234 e.